The van der Waals surface area contributed by atoms with Gasteiger partial charge in [0.05, 0.1) is 52.9 Å². The number of nitrogens with two attached hydrogens (primary N) is 1. The molecule has 148 valence electrons. The second-order valence-electron chi connectivity index (χ2n) is 5.57. The highest BCUT2D eigenvalue weighted by atomic mass is 16.6. The van der Waals surface area contributed by atoms with Gasteiger partial charge in [0.1, 0.15) is 0 Å². The van der Waals surface area contributed by atoms with Crippen molar-refractivity contribution in [3.63, 3.8) is 0 Å². The number of primary amides is 1. The van der Waals surface area contributed by atoms with Gasteiger partial charge in [0.2, 0.25) is 11.8 Å². The van der Waals surface area contributed by atoms with Gasteiger partial charge in [0.15, 0.2) is 0 Å². The van der Waals surface area contributed by atoms with Crippen molar-refractivity contribution in [3.8, 4) is 0 Å². The summed E-state index contributed by atoms with van der Waals surface area (Å²) < 4.78 is 21.1. The van der Waals surface area contributed by atoms with E-state index >= 15 is 0 Å². The molecule has 0 aromatic heterocycles. The molecule has 0 aliphatic carbocycles. The summed E-state index contributed by atoms with van der Waals surface area (Å²) in [6, 6.07) is 0. The number of carbonyl (C=O) groups is 2. The molecule has 3 N–H and O–H groups in total. The molecule has 0 rings (SSSR count). The number of hydrogen-bond acceptors (Lipinski definition) is 7. The number of nitrogens with one attached hydrogen (secondary N) is 1. The van der Waals surface area contributed by atoms with Crippen LogP contribution in [-0.2, 0) is 28.5 Å². The number of hydrogen-bond donors (Lipinski definition) is 2. The molecule has 0 spiro atoms. The Bertz CT molecular complexity index is 342. The third-order valence-corrected chi connectivity index (χ3v) is 2.96. The predicted molar refractivity (Wildman–Crippen MR) is 93.3 cm³/mol. The first-order valence-corrected chi connectivity index (χ1v) is 8.53. The van der Waals surface area contributed by atoms with Gasteiger partial charge in [-0.25, -0.2) is 0 Å². The Morgan fingerprint density at radius 2 is 1.28 bits per heavy atom. The fourth-order valence-corrected chi connectivity index (χ4v) is 1.61. The normalized spacial score (nSPS) is 11.0. The van der Waals surface area contributed by atoms with Crippen molar-refractivity contribution in [2.75, 3.05) is 80.0 Å². The van der Waals surface area contributed by atoms with E-state index in [1.165, 1.54) is 0 Å². The Balaban J connectivity index is 3.12. The lowest BCUT2D eigenvalue weighted by Gasteiger charge is -2.10. The molecule has 9 nitrogen and oxygen atoms in total. The SMILES string of the molecule is CN(C)CCC(=O)NCCOCCOCCOCCOCCC(N)=O. The van der Waals surface area contributed by atoms with Gasteiger partial charge in [-0.15, -0.1) is 0 Å². The third-order valence-electron chi connectivity index (χ3n) is 2.96. The second-order valence-corrected chi connectivity index (χ2v) is 5.57. The quantitative estimate of drug-likeness (QED) is 0.300. The van der Waals surface area contributed by atoms with Crippen molar-refractivity contribution >= 4 is 11.8 Å². The molecule has 0 aromatic carbocycles. The maximum absolute atomic E-state index is 11.4. The molecular formula is C16H33N3O6. The van der Waals surface area contributed by atoms with E-state index in [1.54, 1.807) is 0 Å². The number of rotatable bonds is 18. The molecule has 0 heterocycles. The minimum Gasteiger partial charge on any atom is -0.379 e. The Kier molecular flexibility index (Phi) is 16.7. The van der Waals surface area contributed by atoms with Crippen LogP contribution >= 0.6 is 0 Å². The van der Waals surface area contributed by atoms with Crippen molar-refractivity contribution in [2.45, 2.75) is 12.8 Å². The smallest absolute Gasteiger partial charge is 0.221 e. The Morgan fingerprint density at radius 1 is 0.800 bits per heavy atom. The summed E-state index contributed by atoms with van der Waals surface area (Å²) in [6.45, 7) is 4.82. The average Bonchev–Trinajstić information content (AvgIpc) is 2.56. The fourth-order valence-electron chi connectivity index (χ4n) is 1.61. The minimum absolute atomic E-state index is 0.0318. The zero-order chi connectivity index (χ0) is 18.8. The summed E-state index contributed by atoms with van der Waals surface area (Å²) in [4.78, 5) is 23.9. The van der Waals surface area contributed by atoms with Crippen molar-refractivity contribution in [2.24, 2.45) is 5.73 Å². The summed E-state index contributed by atoms with van der Waals surface area (Å²) in [5, 5.41) is 2.80. The van der Waals surface area contributed by atoms with Crippen LogP contribution in [0.25, 0.3) is 0 Å². The van der Waals surface area contributed by atoms with E-state index in [0.29, 0.717) is 65.8 Å². The van der Waals surface area contributed by atoms with Crippen molar-refractivity contribution in [3.05, 3.63) is 0 Å². The van der Waals surface area contributed by atoms with Crippen LogP contribution < -0.4 is 11.1 Å². The molecular weight excluding hydrogens is 330 g/mol. The van der Waals surface area contributed by atoms with Gasteiger partial charge in [-0.05, 0) is 14.1 Å². The highest BCUT2D eigenvalue weighted by molar-refractivity contribution is 5.76. The van der Waals surface area contributed by atoms with Gasteiger partial charge in [0.25, 0.3) is 0 Å². The lowest BCUT2D eigenvalue weighted by Crippen LogP contribution is -2.30. The number of carbonyl (C=O) groups excluding carboxylic acids is 2. The Labute approximate surface area is 150 Å². The van der Waals surface area contributed by atoms with E-state index in [1.807, 2.05) is 19.0 Å². The maximum atomic E-state index is 11.4. The zero-order valence-corrected chi connectivity index (χ0v) is 15.5. The van der Waals surface area contributed by atoms with Crippen LogP contribution in [-0.4, -0.2) is 96.8 Å². The Morgan fingerprint density at radius 3 is 1.76 bits per heavy atom. The van der Waals surface area contributed by atoms with E-state index in [0.717, 1.165) is 6.54 Å². The molecule has 0 fully saturated rings. The fraction of sp³-hybridized carbons (Fsp3) is 0.875. The van der Waals surface area contributed by atoms with Crippen LogP contribution in [0.1, 0.15) is 12.8 Å². The molecule has 0 saturated carbocycles. The van der Waals surface area contributed by atoms with Crippen LogP contribution in [0, 0.1) is 0 Å². The molecule has 2 amide bonds. The number of amides is 2. The molecule has 0 saturated heterocycles. The van der Waals surface area contributed by atoms with Gasteiger partial charge in [-0.3, -0.25) is 9.59 Å². The maximum Gasteiger partial charge on any atom is 0.221 e. The zero-order valence-electron chi connectivity index (χ0n) is 15.5. The topological polar surface area (TPSA) is 112 Å². The highest BCUT2D eigenvalue weighted by Gasteiger charge is 2.01. The summed E-state index contributed by atoms with van der Waals surface area (Å²) in [7, 11) is 3.86. The minimum atomic E-state index is -0.372. The molecule has 9 heteroatoms. The monoisotopic (exact) mass is 363 g/mol. The van der Waals surface area contributed by atoms with Gasteiger partial charge in [-0.2, -0.15) is 0 Å². The standard InChI is InChI=1S/C16H33N3O6/c1-19(2)6-3-16(21)18-5-8-23-10-12-25-14-13-24-11-9-22-7-4-15(17)20/h3-14H2,1-2H3,(H2,17,20)(H,18,21). The molecule has 25 heavy (non-hydrogen) atoms. The highest BCUT2D eigenvalue weighted by Crippen LogP contribution is 1.85. The van der Waals surface area contributed by atoms with E-state index in [-0.39, 0.29) is 18.2 Å². The first-order valence-electron chi connectivity index (χ1n) is 8.53. The van der Waals surface area contributed by atoms with Crippen molar-refractivity contribution in [1.82, 2.24) is 10.2 Å². The van der Waals surface area contributed by atoms with E-state index in [4.69, 9.17) is 24.7 Å². The summed E-state index contributed by atoms with van der Waals surface area (Å²) in [6.07, 6.45) is 0.717. The number of nitrogens with zero attached hydrogens (tertiary/aromatic N) is 1. The summed E-state index contributed by atoms with van der Waals surface area (Å²) >= 11 is 0. The lowest BCUT2D eigenvalue weighted by molar-refractivity contribution is -0.121. The second kappa shape index (κ2) is 17.6. The molecule has 0 unspecified atom stereocenters. The molecule has 0 aliphatic heterocycles. The number of ether oxygens (including phenoxy) is 4. The first kappa shape index (κ1) is 23.7. The molecule has 0 radical (unpaired) electrons. The van der Waals surface area contributed by atoms with Gasteiger partial charge in [0, 0.05) is 25.9 Å². The predicted octanol–water partition coefficient (Wildman–Crippen LogP) is -1.00. The largest absolute Gasteiger partial charge is 0.379 e. The summed E-state index contributed by atoms with van der Waals surface area (Å²) in [5.41, 5.74) is 4.98. The molecule has 0 atom stereocenters. The van der Waals surface area contributed by atoms with Crippen LogP contribution in [0.15, 0.2) is 0 Å². The Hall–Kier alpha value is -1.26. The first-order chi connectivity index (χ1) is 12.0. The van der Waals surface area contributed by atoms with Gasteiger partial charge >= 0.3 is 0 Å². The molecule has 0 aliphatic rings. The van der Waals surface area contributed by atoms with Crippen LogP contribution in [0.5, 0.6) is 0 Å². The van der Waals surface area contributed by atoms with Crippen LogP contribution in [0.3, 0.4) is 0 Å². The van der Waals surface area contributed by atoms with Crippen LogP contribution in [0.4, 0.5) is 0 Å². The van der Waals surface area contributed by atoms with Crippen molar-refractivity contribution < 1.29 is 28.5 Å². The third kappa shape index (κ3) is 20.7. The molecule has 0 bridgehead atoms. The molecule has 0 aromatic rings. The van der Waals surface area contributed by atoms with E-state index in [2.05, 4.69) is 5.32 Å². The average molecular weight is 363 g/mol. The van der Waals surface area contributed by atoms with E-state index < -0.39 is 0 Å². The summed E-state index contributed by atoms with van der Waals surface area (Å²) in [5.74, 6) is -0.340. The lowest BCUT2D eigenvalue weighted by atomic mass is 10.4. The van der Waals surface area contributed by atoms with E-state index in [9.17, 15) is 9.59 Å². The van der Waals surface area contributed by atoms with Crippen molar-refractivity contribution in [1.29, 1.82) is 0 Å². The van der Waals surface area contributed by atoms with Gasteiger partial charge in [-0.1, -0.05) is 0 Å². The van der Waals surface area contributed by atoms with Gasteiger partial charge < -0.3 is 34.9 Å². The van der Waals surface area contributed by atoms with Crippen LogP contribution in [0.2, 0.25) is 0 Å².